The molecule has 2 rings (SSSR count). The van der Waals surface area contributed by atoms with Gasteiger partial charge in [-0.05, 0) is 51.0 Å². The topological polar surface area (TPSA) is 27.0 Å². The van der Waals surface area contributed by atoms with Crippen LogP contribution in [0.2, 0.25) is 0 Å². The molecule has 0 N–H and O–H groups in total. The first-order chi connectivity index (χ1) is 9.24. The summed E-state index contributed by atoms with van der Waals surface area (Å²) in [7, 11) is 2.27. The van der Waals surface area contributed by atoms with Crippen LogP contribution in [0.4, 0.5) is 0 Å². The number of nitriles is 1. The molecule has 2 aliphatic rings. The summed E-state index contributed by atoms with van der Waals surface area (Å²) in [6.45, 7) is 3.52. The van der Waals surface area contributed by atoms with Crippen LogP contribution in [-0.4, -0.2) is 24.5 Å². The SMILES string of the molecule is CCC1CCC(C#N)C(N(C)CC2CCCCC2)C1. The molecule has 3 atom stereocenters. The molecule has 0 aromatic heterocycles. The smallest absolute Gasteiger partial charge is 0.0672 e. The minimum Gasteiger partial charge on any atom is -0.302 e. The van der Waals surface area contributed by atoms with Crippen molar-refractivity contribution in [3.63, 3.8) is 0 Å². The van der Waals surface area contributed by atoms with E-state index in [9.17, 15) is 5.26 Å². The highest BCUT2D eigenvalue weighted by molar-refractivity contribution is 4.97. The van der Waals surface area contributed by atoms with Crippen molar-refractivity contribution >= 4 is 0 Å². The van der Waals surface area contributed by atoms with Crippen molar-refractivity contribution in [2.75, 3.05) is 13.6 Å². The highest BCUT2D eigenvalue weighted by Gasteiger charge is 2.33. The normalized spacial score (nSPS) is 33.3. The first-order valence-corrected chi connectivity index (χ1v) is 8.34. The highest BCUT2D eigenvalue weighted by Crippen LogP contribution is 2.34. The molecule has 2 nitrogen and oxygen atoms in total. The average Bonchev–Trinajstić information content (AvgIpc) is 2.47. The Bertz CT molecular complexity index is 301. The molecule has 3 unspecified atom stereocenters. The Morgan fingerprint density at radius 3 is 2.42 bits per heavy atom. The van der Waals surface area contributed by atoms with Crippen LogP contribution in [0.15, 0.2) is 0 Å². The molecule has 0 heterocycles. The van der Waals surface area contributed by atoms with Gasteiger partial charge in [0.2, 0.25) is 0 Å². The molecule has 0 spiro atoms. The van der Waals surface area contributed by atoms with Gasteiger partial charge in [-0.25, -0.2) is 0 Å². The van der Waals surface area contributed by atoms with Crippen molar-refractivity contribution in [1.82, 2.24) is 4.90 Å². The third-order valence-electron chi connectivity index (χ3n) is 5.51. The van der Waals surface area contributed by atoms with E-state index in [0.29, 0.717) is 6.04 Å². The summed E-state index contributed by atoms with van der Waals surface area (Å²) < 4.78 is 0. The van der Waals surface area contributed by atoms with Gasteiger partial charge in [0.1, 0.15) is 0 Å². The summed E-state index contributed by atoms with van der Waals surface area (Å²) in [5.41, 5.74) is 0. The molecule has 108 valence electrons. The maximum absolute atomic E-state index is 9.40. The molecule has 0 bridgehead atoms. The van der Waals surface area contributed by atoms with Crippen molar-refractivity contribution in [3.05, 3.63) is 0 Å². The predicted octanol–water partition coefficient (Wildman–Crippen LogP) is 4.22. The van der Waals surface area contributed by atoms with Gasteiger partial charge in [0.15, 0.2) is 0 Å². The minimum atomic E-state index is 0.274. The lowest BCUT2D eigenvalue weighted by Crippen LogP contribution is -2.44. The minimum absolute atomic E-state index is 0.274. The van der Waals surface area contributed by atoms with E-state index in [1.807, 2.05) is 0 Å². The van der Waals surface area contributed by atoms with E-state index in [4.69, 9.17) is 0 Å². The fraction of sp³-hybridized carbons (Fsp3) is 0.941. The maximum atomic E-state index is 9.40. The third kappa shape index (κ3) is 3.96. The van der Waals surface area contributed by atoms with Gasteiger partial charge in [0.05, 0.1) is 12.0 Å². The highest BCUT2D eigenvalue weighted by atomic mass is 15.1. The second-order valence-electron chi connectivity index (χ2n) is 6.83. The Balaban J connectivity index is 1.90. The van der Waals surface area contributed by atoms with Crippen LogP contribution in [0.25, 0.3) is 0 Å². The summed E-state index contributed by atoms with van der Waals surface area (Å²) >= 11 is 0. The molecule has 0 aromatic rings. The molecule has 0 aromatic carbocycles. The Morgan fingerprint density at radius 1 is 1.05 bits per heavy atom. The Labute approximate surface area is 119 Å². The Morgan fingerprint density at radius 2 is 1.79 bits per heavy atom. The second kappa shape index (κ2) is 7.29. The fourth-order valence-corrected chi connectivity index (χ4v) is 4.15. The lowest BCUT2D eigenvalue weighted by Gasteiger charge is -2.40. The van der Waals surface area contributed by atoms with E-state index < -0.39 is 0 Å². The van der Waals surface area contributed by atoms with Crippen LogP contribution >= 0.6 is 0 Å². The summed E-state index contributed by atoms with van der Waals surface area (Å²) in [6, 6.07) is 3.09. The zero-order chi connectivity index (χ0) is 13.7. The van der Waals surface area contributed by atoms with E-state index in [1.165, 1.54) is 57.9 Å². The van der Waals surface area contributed by atoms with Crippen molar-refractivity contribution < 1.29 is 0 Å². The van der Waals surface area contributed by atoms with Crippen LogP contribution < -0.4 is 0 Å². The molecule has 2 saturated carbocycles. The summed E-state index contributed by atoms with van der Waals surface area (Å²) in [5, 5.41) is 9.40. The summed E-state index contributed by atoms with van der Waals surface area (Å²) in [6.07, 6.45) is 12.0. The lowest BCUT2D eigenvalue weighted by molar-refractivity contribution is 0.100. The standard InChI is InChI=1S/C17H30N2/c1-3-14-9-10-16(12-18)17(11-14)19(2)13-15-7-5-4-6-8-15/h14-17H,3-11,13H2,1-2H3. The van der Waals surface area contributed by atoms with Gasteiger partial charge in [-0.1, -0.05) is 32.6 Å². The summed E-state index contributed by atoms with van der Waals surface area (Å²) in [5.74, 6) is 2.01. The van der Waals surface area contributed by atoms with Crippen LogP contribution in [-0.2, 0) is 0 Å². The molecule has 2 heteroatoms. The molecule has 2 fully saturated rings. The van der Waals surface area contributed by atoms with E-state index in [2.05, 4.69) is 24.9 Å². The van der Waals surface area contributed by atoms with Crippen LogP contribution in [0, 0.1) is 29.1 Å². The monoisotopic (exact) mass is 262 g/mol. The van der Waals surface area contributed by atoms with Gasteiger partial charge >= 0.3 is 0 Å². The molecule has 19 heavy (non-hydrogen) atoms. The lowest BCUT2D eigenvalue weighted by atomic mass is 9.77. The molecule has 0 saturated heterocycles. The van der Waals surface area contributed by atoms with E-state index in [-0.39, 0.29) is 5.92 Å². The second-order valence-corrected chi connectivity index (χ2v) is 6.83. The van der Waals surface area contributed by atoms with Crippen molar-refractivity contribution in [3.8, 4) is 6.07 Å². The first-order valence-electron chi connectivity index (χ1n) is 8.34. The van der Waals surface area contributed by atoms with Crippen LogP contribution in [0.1, 0.15) is 64.7 Å². The zero-order valence-electron chi connectivity index (χ0n) is 12.8. The quantitative estimate of drug-likeness (QED) is 0.758. The molecule has 0 radical (unpaired) electrons. The van der Waals surface area contributed by atoms with Gasteiger partial charge in [-0.2, -0.15) is 5.26 Å². The molecule has 2 aliphatic carbocycles. The van der Waals surface area contributed by atoms with Gasteiger partial charge in [0, 0.05) is 12.6 Å². The summed E-state index contributed by atoms with van der Waals surface area (Å²) in [4.78, 5) is 2.53. The largest absolute Gasteiger partial charge is 0.302 e. The van der Waals surface area contributed by atoms with E-state index in [1.54, 1.807) is 0 Å². The van der Waals surface area contributed by atoms with Gasteiger partial charge in [-0.3, -0.25) is 0 Å². The van der Waals surface area contributed by atoms with Gasteiger partial charge in [0.25, 0.3) is 0 Å². The number of nitrogens with zero attached hydrogens (tertiary/aromatic N) is 2. The van der Waals surface area contributed by atoms with E-state index >= 15 is 0 Å². The first kappa shape index (κ1) is 14.9. The molecular formula is C17H30N2. The third-order valence-corrected chi connectivity index (χ3v) is 5.51. The number of hydrogen-bond donors (Lipinski definition) is 0. The van der Waals surface area contributed by atoms with E-state index in [0.717, 1.165) is 18.3 Å². The van der Waals surface area contributed by atoms with Gasteiger partial charge < -0.3 is 4.90 Å². The average molecular weight is 262 g/mol. The molecular weight excluding hydrogens is 232 g/mol. The fourth-order valence-electron chi connectivity index (χ4n) is 4.15. The van der Waals surface area contributed by atoms with Crippen LogP contribution in [0.3, 0.4) is 0 Å². The molecule has 0 amide bonds. The number of hydrogen-bond acceptors (Lipinski definition) is 2. The molecule has 0 aliphatic heterocycles. The van der Waals surface area contributed by atoms with Crippen LogP contribution in [0.5, 0.6) is 0 Å². The maximum Gasteiger partial charge on any atom is 0.0672 e. The van der Waals surface area contributed by atoms with Gasteiger partial charge in [-0.15, -0.1) is 0 Å². The Hall–Kier alpha value is -0.550. The zero-order valence-corrected chi connectivity index (χ0v) is 12.8. The Kier molecular flexibility index (Phi) is 5.70. The van der Waals surface area contributed by atoms with Crippen molar-refractivity contribution in [2.24, 2.45) is 17.8 Å². The number of rotatable bonds is 4. The van der Waals surface area contributed by atoms with Crippen molar-refractivity contribution in [2.45, 2.75) is 70.8 Å². The van der Waals surface area contributed by atoms with Crippen molar-refractivity contribution in [1.29, 1.82) is 5.26 Å². The predicted molar refractivity (Wildman–Crippen MR) is 79.7 cm³/mol.